The van der Waals surface area contributed by atoms with Crippen molar-refractivity contribution < 1.29 is 4.79 Å². The van der Waals surface area contributed by atoms with Crippen molar-refractivity contribution in [2.45, 2.75) is 6.54 Å². The third kappa shape index (κ3) is 3.71. The number of nitriles is 1. The molecule has 0 aliphatic rings. The van der Waals surface area contributed by atoms with Crippen LogP contribution < -0.4 is 5.32 Å². The van der Waals surface area contributed by atoms with Crippen LogP contribution in [0.5, 0.6) is 0 Å². The number of carbonyl (C=O) groups excluding carboxylic acids is 1. The van der Waals surface area contributed by atoms with Gasteiger partial charge in [-0.05, 0) is 58.5 Å². The lowest BCUT2D eigenvalue weighted by Crippen LogP contribution is -2.22. The van der Waals surface area contributed by atoms with Crippen LogP contribution in [0.1, 0.15) is 21.5 Å². The fourth-order valence-electron chi connectivity index (χ4n) is 1.62. The number of hydrogen-bond acceptors (Lipinski definition) is 2. The summed E-state index contributed by atoms with van der Waals surface area (Å²) in [7, 11) is 0. The summed E-state index contributed by atoms with van der Waals surface area (Å²) in [5.74, 6) is -0.149. The van der Waals surface area contributed by atoms with Crippen molar-refractivity contribution in [3.05, 3.63) is 67.7 Å². The van der Waals surface area contributed by atoms with Gasteiger partial charge in [-0.25, -0.2) is 0 Å². The SMILES string of the molecule is N#Cc1ccc(CNC(=O)c2ccc(Cl)c(I)c2)cc1. The van der Waals surface area contributed by atoms with E-state index in [2.05, 4.69) is 34.0 Å². The van der Waals surface area contributed by atoms with Crippen LogP contribution in [0.15, 0.2) is 42.5 Å². The number of nitrogens with zero attached hydrogens (tertiary/aromatic N) is 1. The van der Waals surface area contributed by atoms with Crippen molar-refractivity contribution >= 4 is 40.1 Å². The molecule has 0 aliphatic heterocycles. The molecular weight excluding hydrogens is 387 g/mol. The van der Waals surface area contributed by atoms with E-state index in [0.29, 0.717) is 22.7 Å². The molecule has 0 saturated heterocycles. The molecule has 0 spiro atoms. The van der Waals surface area contributed by atoms with E-state index < -0.39 is 0 Å². The summed E-state index contributed by atoms with van der Waals surface area (Å²) in [6, 6.07) is 14.3. The number of nitrogens with one attached hydrogen (secondary N) is 1. The molecule has 0 saturated carbocycles. The third-order valence-electron chi connectivity index (χ3n) is 2.72. The Hall–Kier alpha value is -1.58. The van der Waals surface area contributed by atoms with Crippen LogP contribution in [0.3, 0.4) is 0 Å². The minimum Gasteiger partial charge on any atom is -0.348 e. The van der Waals surface area contributed by atoms with E-state index in [1.165, 1.54) is 0 Å². The van der Waals surface area contributed by atoms with Gasteiger partial charge in [0, 0.05) is 15.7 Å². The average molecular weight is 397 g/mol. The first-order chi connectivity index (χ1) is 9.60. The number of rotatable bonds is 3. The summed E-state index contributed by atoms with van der Waals surface area (Å²) in [5, 5.41) is 12.2. The lowest BCUT2D eigenvalue weighted by atomic mass is 10.1. The standard InChI is InChI=1S/C15H10ClIN2O/c16-13-6-5-12(7-14(13)17)15(20)19-9-11-3-1-10(8-18)2-4-11/h1-7H,9H2,(H,19,20). The van der Waals surface area contributed by atoms with Gasteiger partial charge in [0.1, 0.15) is 0 Å². The topological polar surface area (TPSA) is 52.9 Å². The van der Waals surface area contributed by atoms with Crippen molar-refractivity contribution in [1.82, 2.24) is 5.32 Å². The van der Waals surface area contributed by atoms with Crippen LogP contribution in [-0.4, -0.2) is 5.91 Å². The molecule has 0 unspecified atom stereocenters. The molecule has 0 bridgehead atoms. The van der Waals surface area contributed by atoms with Gasteiger partial charge in [-0.15, -0.1) is 0 Å². The van der Waals surface area contributed by atoms with Crippen molar-refractivity contribution in [1.29, 1.82) is 5.26 Å². The molecule has 0 aromatic heterocycles. The summed E-state index contributed by atoms with van der Waals surface area (Å²) >= 11 is 8.01. The maximum Gasteiger partial charge on any atom is 0.251 e. The van der Waals surface area contributed by atoms with Gasteiger partial charge >= 0.3 is 0 Å². The molecule has 0 radical (unpaired) electrons. The van der Waals surface area contributed by atoms with Gasteiger partial charge in [0.05, 0.1) is 16.7 Å². The molecule has 1 amide bonds. The van der Waals surface area contributed by atoms with E-state index in [4.69, 9.17) is 16.9 Å². The first-order valence-electron chi connectivity index (χ1n) is 5.82. The predicted octanol–water partition coefficient (Wildman–Crippen LogP) is 3.75. The van der Waals surface area contributed by atoms with Crippen LogP contribution in [0.4, 0.5) is 0 Å². The molecule has 0 aliphatic carbocycles. The van der Waals surface area contributed by atoms with E-state index in [9.17, 15) is 4.79 Å². The van der Waals surface area contributed by atoms with Gasteiger partial charge in [0.15, 0.2) is 0 Å². The number of halogens is 2. The minimum atomic E-state index is -0.149. The Kier molecular flexibility index (Phi) is 4.99. The second-order valence-corrected chi connectivity index (χ2v) is 5.69. The van der Waals surface area contributed by atoms with E-state index in [-0.39, 0.29) is 5.91 Å². The zero-order chi connectivity index (χ0) is 14.5. The molecule has 20 heavy (non-hydrogen) atoms. The highest BCUT2D eigenvalue weighted by Crippen LogP contribution is 2.19. The van der Waals surface area contributed by atoms with E-state index >= 15 is 0 Å². The molecule has 100 valence electrons. The van der Waals surface area contributed by atoms with Crippen LogP contribution in [0, 0.1) is 14.9 Å². The van der Waals surface area contributed by atoms with Crippen LogP contribution >= 0.6 is 34.2 Å². The minimum absolute atomic E-state index is 0.149. The quantitative estimate of drug-likeness (QED) is 0.804. The molecule has 2 aromatic carbocycles. The van der Waals surface area contributed by atoms with Crippen molar-refractivity contribution in [3.63, 3.8) is 0 Å². The number of amides is 1. The Morgan fingerprint density at radius 1 is 1.25 bits per heavy atom. The molecular formula is C15H10ClIN2O. The number of benzene rings is 2. The van der Waals surface area contributed by atoms with Crippen molar-refractivity contribution in [2.75, 3.05) is 0 Å². The molecule has 2 aromatic rings. The number of carbonyl (C=O) groups is 1. The summed E-state index contributed by atoms with van der Waals surface area (Å²) in [5.41, 5.74) is 2.13. The Morgan fingerprint density at radius 2 is 1.95 bits per heavy atom. The van der Waals surface area contributed by atoms with Crippen LogP contribution in [0.2, 0.25) is 5.02 Å². The lowest BCUT2D eigenvalue weighted by molar-refractivity contribution is 0.0951. The fourth-order valence-corrected chi connectivity index (χ4v) is 2.25. The first kappa shape index (κ1) is 14.8. The van der Waals surface area contributed by atoms with Crippen LogP contribution in [-0.2, 0) is 6.54 Å². The molecule has 2 rings (SSSR count). The number of hydrogen-bond donors (Lipinski definition) is 1. The van der Waals surface area contributed by atoms with E-state index in [1.807, 2.05) is 12.1 Å². The maximum atomic E-state index is 12.0. The summed E-state index contributed by atoms with van der Waals surface area (Å²) in [6.07, 6.45) is 0. The zero-order valence-corrected chi connectivity index (χ0v) is 13.3. The highest BCUT2D eigenvalue weighted by atomic mass is 127. The molecule has 0 fully saturated rings. The van der Waals surface area contributed by atoms with Gasteiger partial charge in [0.25, 0.3) is 5.91 Å². The molecule has 3 nitrogen and oxygen atoms in total. The van der Waals surface area contributed by atoms with Gasteiger partial charge in [0.2, 0.25) is 0 Å². The molecule has 1 N–H and O–H groups in total. The smallest absolute Gasteiger partial charge is 0.251 e. The highest BCUT2D eigenvalue weighted by molar-refractivity contribution is 14.1. The fraction of sp³-hybridized carbons (Fsp3) is 0.0667. The zero-order valence-electron chi connectivity index (χ0n) is 10.4. The Balaban J connectivity index is 2.01. The average Bonchev–Trinajstić information content (AvgIpc) is 2.48. The van der Waals surface area contributed by atoms with E-state index in [0.717, 1.165) is 9.13 Å². The highest BCUT2D eigenvalue weighted by Gasteiger charge is 2.07. The summed E-state index contributed by atoms with van der Waals surface area (Å²) < 4.78 is 0.843. The van der Waals surface area contributed by atoms with Gasteiger partial charge < -0.3 is 5.32 Å². The van der Waals surface area contributed by atoms with Crippen LogP contribution in [0.25, 0.3) is 0 Å². The summed E-state index contributed by atoms with van der Waals surface area (Å²) in [6.45, 7) is 0.420. The lowest BCUT2D eigenvalue weighted by Gasteiger charge is -2.06. The first-order valence-corrected chi connectivity index (χ1v) is 7.28. The third-order valence-corrected chi connectivity index (χ3v) is 4.26. The van der Waals surface area contributed by atoms with Gasteiger partial charge in [-0.2, -0.15) is 5.26 Å². The maximum absolute atomic E-state index is 12.0. The summed E-state index contributed by atoms with van der Waals surface area (Å²) in [4.78, 5) is 12.0. The monoisotopic (exact) mass is 396 g/mol. The molecule has 0 atom stereocenters. The van der Waals surface area contributed by atoms with Gasteiger partial charge in [-0.1, -0.05) is 23.7 Å². The Morgan fingerprint density at radius 3 is 2.55 bits per heavy atom. The predicted molar refractivity (Wildman–Crippen MR) is 86.5 cm³/mol. The van der Waals surface area contributed by atoms with Crippen molar-refractivity contribution in [2.24, 2.45) is 0 Å². The van der Waals surface area contributed by atoms with E-state index in [1.54, 1.807) is 30.3 Å². The van der Waals surface area contributed by atoms with Gasteiger partial charge in [-0.3, -0.25) is 4.79 Å². The largest absolute Gasteiger partial charge is 0.348 e. The Labute approximate surface area is 135 Å². The molecule has 5 heteroatoms. The van der Waals surface area contributed by atoms with Crippen molar-refractivity contribution in [3.8, 4) is 6.07 Å². The second-order valence-electron chi connectivity index (χ2n) is 4.12. The second kappa shape index (κ2) is 6.73. The Bertz CT molecular complexity index is 677. The molecule has 0 heterocycles. The normalized spacial score (nSPS) is 9.85.